The van der Waals surface area contributed by atoms with E-state index in [0.717, 1.165) is 22.8 Å². The van der Waals surface area contributed by atoms with Crippen LogP contribution in [0.1, 0.15) is 5.82 Å². The predicted octanol–water partition coefficient (Wildman–Crippen LogP) is 2.88. The molecule has 5 heteroatoms. The second-order valence-corrected chi connectivity index (χ2v) is 4.37. The summed E-state index contributed by atoms with van der Waals surface area (Å²) < 4.78 is 11.0. The van der Waals surface area contributed by atoms with Crippen molar-refractivity contribution in [3.63, 3.8) is 0 Å². The summed E-state index contributed by atoms with van der Waals surface area (Å²) in [5.41, 5.74) is 1.72. The van der Waals surface area contributed by atoms with E-state index in [1.54, 1.807) is 6.07 Å². The average molecular weight is 263 g/mol. The van der Waals surface area contributed by atoms with Gasteiger partial charge in [-0.3, -0.25) is 0 Å². The third kappa shape index (κ3) is 2.11. The highest BCUT2D eigenvalue weighted by atomic mass is 35.5. The number of fused-ring (bicyclic) bond motifs is 1. The summed E-state index contributed by atoms with van der Waals surface area (Å²) in [6.07, 6.45) is 0. The number of aryl methyl sites for hydroxylation is 1. The summed E-state index contributed by atoms with van der Waals surface area (Å²) in [6, 6.07) is 7.47. The quantitative estimate of drug-likeness (QED) is 0.742. The largest absolute Gasteiger partial charge is 0.486 e. The molecule has 2 aromatic rings. The Labute approximate surface area is 110 Å². The van der Waals surface area contributed by atoms with Gasteiger partial charge in [-0.25, -0.2) is 9.97 Å². The minimum Gasteiger partial charge on any atom is -0.486 e. The van der Waals surface area contributed by atoms with Crippen LogP contribution in [0.2, 0.25) is 5.15 Å². The highest BCUT2D eigenvalue weighted by Crippen LogP contribution is 2.34. The minimum atomic E-state index is 0.437. The minimum absolute atomic E-state index is 0.437. The third-order valence-corrected chi connectivity index (χ3v) is 2.84. The van der Waals surface area contributed by atoms with Crippen molar-refractivity contribution in [2.45, 2.75) is 6.92 Å². The van der Waals surface area contributed by atoms with E-state index < -0.39 is 0 Å². The molecule has 0 unspecified atom stereocenters. The molecular weight excluding hydrogens is 252 g/mol. The van der Waals surface area contributed by atoms with Crippen LogP contribution in [0.15, 0.2) is 24.3 Å². The van der Waals surface area contributed by atoms with Gasteiger partial charge < -0.3 is 9.47 Å². The normalized spacial score (nSPS) is 13.4. The molecule has 1 aromatic heterocycles. The predicted molar refractivity (Wildman–Crippen MR) is 68.2 cm³/mol. The molecule has 0 spiro atoms. The van der Waals surface area contributed by atoms with Gasteiger partial charge in [0.05, 0.1) is 5.69 Å². The molecule has 0 radical (unpaired) electrons. The van der Waals surface area contributed by atoms with Gasteiger partial charge in [0.1, 0.15) is 24.2 Å². The monoisotopic (exact) mass is 262 g/mol. The van der Waals surface area contributed by atoms with E-state index in [1.807, 2.05) is 25.1 Å². The molecule has 4 nitrogen and oxygen atoms in total. The van der Waals surface area contributed by atoms with Gasteiger partial charge >= 0.3 is 0 Å². The fourth-order valence-corrected chi connectivity index (χ4v) is 2.11. The van der Waals surface area contributed by atoms with Crippen molar-refractivity contribution in [3.8, 4) is 22.8 Å². The fourth-order valence-electron chi connectivity index (χ4n) is 1.88. The Morgan fingerprint density at radius 2 is 1.83 bits per heavy atom. The number of aromatic nitrogens is 2. The summed E-state index contributed by atoms with van der Waals surface area (Å²) in [5.74, 6) is 2.15. The van der Waals surface area contributed by atoms with Crippen LogP contribution in [0, 0.1) is 6.92 Å². The topological polar surface area (TPSA) is 44.2 Å². The van der Waals surface area contributed by atoms with Crippen LogP contribution in [0.5, 0.6) is 11.5 Å². The standard InChI is InChI=1S/C13H11ClN2O2/c1-8-15-10(7-13(14)16-8)9-2-3-11-12(6-9)18-5-4-17-11/h2-3,6-7H,4-5H2,1H3. The Morgan fingerprint density at radius 1 is 1.06 bits per heavy atom. The lowest BCUT2D eigenvalue weighted by atomic mass is 10.1. The molecule has 0 N–H and O–H groups in total. The average Bonchev–Trinajstić information content (AvgIpc) is 2.37. The van der Waals surface area contributed by atoms with Gasteiger partial charge in [0.2, 0.25) is 0 Å². The van der Waals surface area contributed by atoms with Gasteiger partial charge in [-0.2, -0.15) is 0 Å². The lowest BCUT2D eigenvalue weighted by molar-refractivity contribution is 0.171. The van der Waals surface area contributed by atoms with Crippen LogP contribution >= 0.6 is 11.6 Å². The molecule has 0 saturated heterocycles. The molecule has 2 heterocycles. The molecule has 1 aliphatic heterocycles. The van der Waals surface area contributed by atoms with Gasteiger partial charge in [0, 0.05) is 11.6 Å². The van der Waals surface area contributed by atoms with Crippen LogP contribution in [0.25, 0.3) is 11.3 Å². The first-order valence-electron chi connectivity index (χ1n) is 5.63. The Balaban J connectivity index is 2.06. The highest BCUT2D eigenvalue weighted by Gasteiger charge is 2.13. The van der Waals surface area contributed by atoms with Crippen LogP contribution < -0.4 is 9.47 Å². The van der Waals surface area contributed by atoms with Crippen molar-refractivity contribution in [1.29, 1.82) is 0 Å². The molecule has 0 saturated carbocycles. The zero-order valence-electron chi connectivity index (χ0n) is 9.81. The molecule has 0 fully saturated rings. The first-order valence-corrected chi connectivity index (χ1v) is 6.01. The number of nitrogens with zero attached hydrogens (tertiary/aromatic N) is 2. The second kappa shape index (κ2) is 4.46. The number of rotatable bonds is 1. The van der Waals surface area contributed by atoms with E-state index in [0.29, 0.717) is 24.2 Å². The van der Waals surface area contributed by atoms with E-state index in [1.165, 1.54) is 0 Å². The number of hydrogen-bond donors (Lipinski definition) is 0. The summed E-state index contributed by atoms with van der Waals surface area (Å²) in [5, 5.41) is 0.437. The summed E-state index contributed by atoms with van der Waals surface area (Å²) >= 11 is 5.94. The number of ether oxygens (including phenoxy) is 2. The maximum Gasteiger partial charge on any atom is 0.162 e. The van der Waals surface area contributed by atoms with E-state index in [9.17, 15) is 0 Å². The van der Waals surface area contributed by atoms with Crippen molar-refractivity contribution in [2.75, 3.05) is 13.2 Å². The van der Waals surface area contributed by atoms with Gasteiger partial charge in [-0.15, -0.1) is 0 Å². The third-order valence-electron chi connectivity index (χ3n) is 2.64. The van der Waals surface area contributed by atoms with Crippen molar-refractivity contribution < 1.29 is 9.47 Å². The molecule has 0 atom stereocenters. The maximum absolute atomic E-state index is 5.94. The van der Waals surface area contributed by atoms with Gasteiger partial charge in [-0.05, 0) is 25.1 Å². The Kier molecular flexibility index (Phi) is 2.80. The molecular formula is C13H11ClN2O2. The van der Waals surface area contributed by atoms with Crippen molar-refractivity contribution >= 4 is 11.6 Å². The summed E-state index contributed by atoms with van der Waals surface area (Å²) in [7, 11) is 0. The maximum atomic E-state index is 5.94. The molecule has 0 bridgehead atoms. The van der Waals surface area contributed by atoms with E-state index in [-0.39, 0.29) is 0 Å². The van der Waals surface area contributed by atoms with Gasteiger partial charge in [0.25, 0.3) is 0 Å². The number of benzene rings is 1. The van der Waals surface area contributed by atoms with E-state index in [4.69, 9.17) is 21.1 Å². The van der Waals surface area contributed by atoms with Crippen LogP contribution in [0.4, 0.5) is 0 Å². The van der Waals surface area contributed by atoms with Crippen LogP contribution in [0.3, 0.4) is 0 Å². The van der Waals surface area contributed by atoms with E-state index >= 15 is 0 Å². The van der Waals surface area contributed by atoms with Crippen LogP contribution in [-0.2, 0) is 0 Å². The molecule has 0 aliphatic carbocycles. The van der Waals surface area contributed by atoms with Gasteiger partial charge in [0.15, 0.2) is 11.5 Å². The first-order chi connectivity index (χ1) is 8.72. The zero-order valence-corrected chi connectivity index (χ0v) is 10.6. The Hall–Kier alpha value is -1.81. The van der Waals surface area contributed by atoms with Crippen molar-refractivity contribution in [1.82, 2.24) is 9.97 Å². The molecule has 92 valence electrons. The van der Waals surface area contributed by atoms with Gasteiger partial charge in [-0.1, -0.05) is 11.6 Å². The van der Waals surface area contributed by atoms with Crippen molar-refractivity contribution in [3.05, 3.63) is 35.2 Å². The molecule has 1 aliphatic rings. The fraction of sp³-hybridized carbons (Fsp3) is 0.231. The Morgan fingerprint density at radius 3 is 2.61 bits per heavy atom. The smallest absolute Gasteiger partial charge is 0.162 e. The SMILES string of the molecule is Cc1nc(Cl)cc(-c2ccc3c(c2)OCCO3)n1. The number of hydrogen-bond acceptors (Lipinski definition) is 4. The van der Waals surface area contributed by atoms with E-state index in [2.05, 4.69) is 9.97 Å². The lowest BCUT2D eigenvalue weighted by Gasteiger charge is -2.18. The zero-order chi connectivity index (χ0) is 12.5. The highest BCUT2D eigenvalue weighted by molar-refractivity contribution is 6.29. The lowest BCUT2D eigenvalue weighted by Crippen LogP contribution is -2.15. The molecule has 0 amide bonds. The summed E-state index contributed by atoms with van der Waals surface area (Å²) in [6.45, 7) is 2.97. The summed E-state index contributed by atoms with van der Waals surface area (Å²) in [4.78, 5) is 8.41. The second-order valence-electron chi connectivity index (χ2n) is 3.98. The Bertz CT molecular complexity index is 581. The molecule has 18 heavy (non-hydrogen) atoms. The first kappa shape index (κ1) is 11.3. The molecule has 1 aromatic carbocycles. The molecule has 3 rings (SSSR count). The van der Waals surface area contributed by atoms with Crippen LogP contribution in [-0.4, -0.2) is 23.2 Å². The van der Waals surface area contributed by atoms with Crippen molar-refractivity contribution in [2.24, 2.45) is 0 Å². The number of halogens is 1.